The second-order valence-corrected chi connectivity index (χ2v) is 15.8. The van der Waals surface area contributed by atoms with Crippen LogP contribution in [0.25, 0.3) is 0 Å². The number of likely N-dealkylation sites (N-methyl/N-ethyl adjacent to an activating group) is 1. The average Bonchev–Trinajstić information content (AvgIpc) is 3.15. The fraction of sp³-hybridized carbons (Fsp3) is 0.780. The molecule has 1 saturated carbocycles. The third-order valence-electron chi connectivity index (χ3n) is 10.8. The van der Waals surface area contributed by atoms with Crippen molar-refractivity contribution in [3.63, 3.8) is 0 Å². The number of alkyl carbamates (subject to hydrolysis) is 1. The van der Waals surface area contributed by atoms with Gasteiger partial charge in [0.25, 0.3) is 0 Å². The Balaban J connectivity index is 1.79. The summed E-state index contributed by atoms with van der Waals surface area (Å²) in [6.45, 7) is 8.40. The molecular formula is C41H71N5O7. The minimum absolute atomic E-state index is 0.0181. The van der Waals surface area contributed by atoms with Gasteiger partial charge in [-0.15, -0.1) is 0 Å². The summed E-state index contributed by atoms with van der Waals surface area (Å²) in [4.78, 5) is 45.1. The van der Waals surface area contributed by atoms with Crippen molar-refractivity contribution in [2.45, 2.75) is 141 Å². The molecular weight excluding hydrogens is 674 g/mol. The van der Waals surface area contributed by atoms with Gasteiger partial charge in [0.2, 0.25) is 11.8 Å². The Morgan fingerprint density at radius 1 is 0.962 bits per heavy atom. The highest BCUT2D eigenvalue weighted by Crippen LogP contribution is 2.29. The van der Waals surface area contributed by atoms with Gasteiger partial charge in [0.1, 0.15) is 13.4 Å². The summed E-state index contributed by atoms with van der Waals surface area (Å²) in [5, 5.41) is 21.6. The number of ether oxygens (including phenoxy) is 3. The van der Waals surface area contributed by atoms with E-state index in [0.717, 1.165) is 56.9 Å². The van der Waals surface area contributed by atoms with Gasteiger partial charge in [0.15, 0.2) is 0 Å². The van der Waals surface area contributed by atoms with E-state index in [1.54, 1.807) is 7.11 Å². The van der Waals surface area contributed by atoms with Crippen LogP contribution in [0.4, 0.5) is 4.79 Å². The fourth-order valence-electron chi connectivity index (χ4n) is 7.45. The number of carbonyl (C=O) groups is 3. The molecule has 2 aliphatic rings. The van der Waals surface area contributed by atoms with Crippen molar-refractivity contribution >= 4 is 17.9 Å². The summed E-state index contributed by atoms with van der Waals surface area (Å²) in [7, 11) is 5.45. The first-order valence-electron chi connectivity index (χ1n) is 20.3. The number of nitrogens with zero attached hydrogens (tertiary/aromatic N) is 2. The molecule has 1 aliphatic heterocycles. The summed E-state index contributed by atoms with van der Waals surface area (Å²) in [5.41, 5.74) is 1.02. The summed E-state index contributed by atoms with van der Waals surface area (Å²) in [6, 6.07) is 7.86. The van der Waals surface area contributed by atoms with Crippen LogP contribution in [0.5, 0.6) is 0 Å². The van der Waals surface area contributed by atoms with Crippen molar-refractivity contribution in [2.24, 2.45) is 11.8 Å². The SMILES string of the molecule is CCCC[C@H](N[C@@H](Cc1ccccc1)C(=O)N1CCC(OCOC)CC1)C(=O)N[C@@H](CC1CCCCC1)[C@@H](O)C[C@H](NC(=O)OCCN(C)C)C(C)C. The van der Waals surface area contributed by atoms with Crippen LogP contribution in [0.3, 0.4) is 0 Å². The predicted molar refractivity (Wildman–Crippen MR) is 208 cm³/mol. The van der Waals surface area contributed by atoms with Gasteiger partial charge in [-0.3, -0.25) is 14.9 Å². The molecule has 3 rings (SSSR count). The number of unbranched alkanes of at least 4 members (excludes halogenated alkanes) is 1. The number of likely N-dealkylation sites (tertiary alicyclic amines) is 1. The molecule has 12 heteroatoms. The molecule has 4 N–H and O–H groups in total. The van der Waals surface area contributed by atoms with Gasteiger partial charge in [-0.05, 0) is 70.0 Å². The number of hydrogen-bond acceptors (Lipinski definition) is 9. The quantitative estimate of drug-likeness (QED) is 0.116. The summed E-state index contributed by atoms with van der Waals surface area (Å²) < 4.78 is 16.2. The molecule has 0 unspecified atom stereocenters. The highest BCUT2D eigenvalue weighted by molar-refractivity contribution is 5.86. The van der Waals surface area contributed by atoms with E-state index in [2.05, 4.69) is 22.9 Å². The number of benzene rings is 1. The van der Waals surface area contributed by atoms with Gasteiger partial charge in [-0.1, -0.05) is 96.0 Å². The van der Waals surface area contributed by atoms with Crippen LogP contribution < -0.4 is 16.0 Å². The number of methoxy groups -OCH3 is 1. The van der Waals surface area contributed by atoms with E-state index < -0.39 is 30.3 Å². The van der Waals surface area contributed by atoms with E-state index in [1.807, 2.05) is 68.1 Å². The van der Waals surface area contributed by atoms with Crippen molar-refractivity contribution in [1.82, 2.24) is 25.8 Å². The Morgan fingerprint density at radius 2 is 1.66 bits per heavy atom. The van der Waals surface area contributed by atoms with Gasteiger partial charge in [-0.25, -0.2) is 4.79 Å². The Labute approximate surface area is 319 Å². The van der Waals surface area contributed by atoms with E-state index in [0.29, 0.717) is 44.8 Å². The first kappa shape index (κ1) is 44.6. The number of piperidine rings is 1. The van der Waals surface area contributed by atoms with Crippen molar-refractivity contribution in [1.29, 1.82) is 0 Å². The van der Waals surface area contributed by atoms with E-state index in [9.17, 15) is 19.5 Å². The second-order valence-electron chi connectivity index (χ2n) is 15.8. The first-order valence-corrected chi connectivity index (χ1v) is 20.3. The normalized spacial score (nSPS) is 18.7. The average molecular weight is 746 g/mol. The van der Waals surface area contributed by atoms with Crippen molar-refractivity contribution in [3.05, 3.63) is 35.9 Å². The number of rotatable bonds is 23. The lowest BCUT2D eigenvalue weighted by Gasteiger charge is -2.36. The molecule has 0 bridgehead atoms. The highest BCUT2D eigenvalue weighted by atomic mass is 16.7. The zero-order valence-electron chi connectivity index (χ0n) is 33.5. The van der Waals surface area contributed by atoms with E-state index in [1.165, 1.54) is 6.42 Å². The van der Waals surface area contributed by atoms with E-state index in [4.69, 9.17) is 14.2 Å². The molecule has 0 spiro atoms. The summed E-state index contributed by atoms with van der Waals surface area (Å²) in [6.07, 6.45) is 9.45. The van der Waals surface area contributed by atoms with E-state index in [-0.39, 0.29) is 49.7 Å². The number of nitrogens with one attached hydrogen (secondary N) is 3. The number of hydrogen-bond donors (Lipinski definition) is 4. The molecule has 2 fully saturated rings. The lowest BCUT2D eigenvalue weighted by Crippen LogP contribution is -2.58. The molecule has 0 radical (unpaired) electrons. The molecule has 1 heterocycles. The lowest BCUT2D eigenvalue weighted by atomic mass is 9.82. The smallest absolute Gasteiger partial charge is 0.407 e. The second kappa shape index (κ2) is 24.6. The number of amides is 3. The number of aliphatic hydroxyl groups is 1. The maximum atomic E-state index is 14.4. The molecule has 53 heavy (non-hydrogen) atoms. The zero-order valence-corrected chi connectivity index (χ0v) is 33.5. The third-order valence-corrected chi connectivity index (χ3v) is 10.8. The van der Waals surface area contributed by atoms with Crippen molar-refractivity contribution in [2.75, 3.05) is 54.2 Å². The summed E-state index contributed by atoms with van der Waals surface area (Å²) >= 11 is 0. The molecule has 5 atom stereocenters. The monoisotopic (exact) mass is 746 g/mol. The maximum Gasteiger partial charge on any atom is 0.407 e. The van der Waals surface area contributed by atoms with Crippen LogP contribution in [0, 0.1) is 11.8 Å². The van der Waals surface area contributed by atoms with Crippen molar-refractivity contribution < 1.29 is 33.7 Å². The molecule has 1 aliphatic carbocycles. The lowest BCUT2D eigenvalue weighted by molar-refractivity contribution is -0.139. The van der Waals surface area contributed by atoms with E-state index >= 15 is 0 Å². The van der Waals surface area contributed by atoms with Gasteiger partial charge in [0, 0.05) is 32.8 Å². The highest BCUT2D eigenvalue weighted by Gasteiger charge is 2.35. The minimum atomic E-state index is -0.884. The van der Waals surface area contributed by atoms with Crippen LogP contribution in [-0.4, -0.2) is 123 Å². The van der Waals surface area contributed by atoms with Gasteiger partial charge < -0.3 is 39.8 Å². The van der Waals surface area contributed by atoms with Gasteiger partial charge in [-0.2, -0.15) is 0 Å². The Bertz CT molecular complexity index is 1170. The largest absolute Gasteiger partial charge is 0.448 e. The van der Waals surface area contributed by atoms with Crippen LogP contribution in [0.2, 0.25) is 0 Å². The molecule has 12 nitrogen and oxygen atoms in total. The van der Waals surface area contributed by atoms with Gasteiger partial charge >= 0.3 is 6.09 Å². The van der Waals surface area contributed by atoms with Gasteiger partial charge in [0.05, 0.1) is 30.3 Å². The topological polar surface area (TPSA) is 142 Å². The van der Waals surface area contributed by atoms with Crippen LogP contribution >= 0.6 is 0 Å². The molecule has 302 valence electrons. The van der Waals surface area contributed by atoms with Crippen molar-refractivity contribution in [3.8, 4) is 0 Å². The van der Waals surface area contributed by atoms with Crippen LogP contribution in [0.1, 0.15) is 103 Å². The molecule has 1 saturated heterocycles. The molecule has 0 aromatic heterocycles. The number of carbonyl (C=O) groups excluding carboxylic acids is 3. The minimum Gasteiger partial charge on any atom is -0.448 e. The molecule has 3 amide bonds. The predicted octanol–water partition coefficient (Wildman–Crippen LogP) is 4.88. The molecule has 1 aromatic carbocycles. The summed E-state index contributed by atoms with van der Waals surface area (Å²) in [5.74, 6) is 0.219. The standard InChI is InChI=1S/C41H71N5O7/c1-7-8-19-34(42-37(27-32-17-13-10-14-18-32)40(49)46-22-20-33(21-23-46)53-29-51-6)39(48)43-36(26-31-15-11-9-12-16-31)38(47)28-35(30(2)3)44-41(50)52-25-24-45(4)5/h10,13-14,17-18,30-31,33-38,42,47H,7-9,11-12,15-16,19-29H2,1-6H3,(H,43,48)(H,44,50)/t34-,35-,36-,37-,38-/m0/s1. The van der Waals surface area contributed by atoms with Crippen LogP contribution in [0.15, 0.2) is 30.3 Å². The Kier molecular flexibility index (Phi) is 20.7. The Hall–Kier alpha value is -2.77. The first-order chi connectivity index (χ1) is 25.5. The molecule has 1 aromatic rings. The zero-order chi connectivity index (χ0) is 38.6. The number of aliphatic hydroxyl groups excluding tert-OH is 1. The fourth-order valence-corrected chi connectivity index (χ4v) is 7.45. The maximum absolute atomic E-state index is 14.4. The Morgan fingerprint density at radius 3 is 2.28 bits per heavy atom. The van der Waals surface area contributed by atoms with Crippen LogP contribution in [-0.2, 0) is 30.2 Å². The third kappa shape index (κ3) is 16.6.